The Kier molecular flexibility index (Phi) is 1.87. The van der Waals surface area contributed by atoms with Crippen LogP contribution in [0.5, 0.6) is 0 Å². The lowest BCUT2D eigenvalue weighted by molar-refractivity contribution is -0.119. The lowest BCUT2D eigenvalue weighted by Gasteiger charge is -2.16. The van der Waals surface area contributed by atoms with Gasteiger partial charge in [-0.2, -0.15) is 0 Å². The lowest BCUT2D eigenvalue weighted by Crippen LogP contribution is -2.41. The van der Waals surface area contributed by atoms with Crippen molar-refractivity contribution in [2.24, 2.45) is 5.73 Å². The van der Waals surface area contributed by atoms with Crippen molar-refractivity contribution in [3.05, 3.63) is 41.4 Å². The molecule has 0 aliphatic carbocycles. The first-order valence-electron chi connectivity index (χ1n) is 4.12. The van der Waals surface area contributed by atoms with Crippen LogP contribution >= 0.6 is 11.6 Å². The van der Waals surface area contributed by atoms with E-state index in [0.717, 1.165) is 0 Å². The number of para-hydroxylation sites is 1. The Balaban J connectivity index is 2.70. The molecule has 72 valence electrons. The fourth-order valence-electron chi connectivity index (χ4n) is 1.54. The van der Waals surface area contributed by atoms with E-state index in [1.165, 1.54) is 6.08 Å². The van der Waals surface area contributed by atoms with Gasteiger partial charge in [0.05, 0.1) is 10.7 Å². The Morgan fingerprint density at radius 1 is 1.57 bits per heavy atom. The second-order valence-corrected chi connectivity index (χ2v) is 3.60. The number of rotatable bonds is 1. The molecule has 1 unspecified atom stereocenters. The summed E-state index contributed by atoms with van der Waals surface area (Å²) < 4.78 is 0. The Hall–Kier alpha value is -1.32. The van der Waals surface area contributed by atoms with Gasteiger partial charge in [-0.25, -0.2) is 0 Å². The van der Waals surface area contributed by atoms with E-state index in [1.807, 2.05) is 0 Å². The third kappa shape index (κ3) is 0.997. The molecule has 0 aromatic heterocycles. The quantitative estimate of drug-likeness (QED) is 0.690. The number of amides is 1. The Bertz CT molecular complexity index is 430. The van der Waals surface area contributed by atoms with E-state index in [0.29, 0.717) is 16.3 Å². The van der Waals surface area contributed by atoms with Crippen molar-refractivity contribution >= 4 is 23.2 Å². The van der Waals surface area contributed by atoms with Crippen LogP contribution < -0.4 is 11.1 Å². The van der Waals surface area contributed by atoms with Gasteiger partial charge in [-0.05, 0) is 6.07 Å². The maximum absolute atomic E-state index is 11.6. The first-order valence-corrected chi connectivity index (χ1v) is 4.50. The molecule has 3 nitrogen and oxygen atoms in total. The van der Waals surface area contributed by atoms with Crippen LogP contribution in [0.2, 0.25) is 5.02 Å². The average Bonchev–Trinajstić information content (AvgIpc) is 2.43. The standard InChI is InChI=1S/C10H9ClN2O/c1-2-10(12)6-4-3-5-7(11)8(6)13-9(10)14/h2-5H,1,12H2,(H,13,14). The first kappa shape index (κ1) is 9.24. The molecule has 1 aliphatic rings. The second kappa shape index (κ2) is 2.83. The molecule has 1 aromatic carbocycles. The van der Waals surface area contributed by atoms with E-state index >= 15 is 0 Å². The number of hydrogen-bond donors (Lipinski definition) is 2. The van der Waals surface area contributed by atoms with Gasteiger partial charge in [0.2, 0.25) is 0 Å². The predicted molar refractivity (Wildman–Crippen MR) is 56.1 cm³/mol. The van der Waals surface area contributed by atoms with E-state index < -0.39 is 5.54 Å². The largest absolute Gasteiger partial charge is 0.322 e. The monoisotopic (exact) mass is 208 g/mol. The number of halogens is 1. The molecular formula is C10H9ClN2O. The normalized spacial score (nSPS) is 24.3. The highest BCUT2D eigenvalue weighted by Gasteiger charge is 2.41. The molecule has 1 heterocycles. The summed E-state index contributed by atoms with van der Waals surface area (Å²) in [5, 5.41) is 3.13. The summed E-state index contributed by atoms with van der Waals surface area (Å²) in [6, 6.07) is 5.23. The van der Waals surface area contributed by atoms with Gasteiger partial charge in [-0.1, -0.05) is 29.8 Å². The smallest absolute Gasteiger partial charge is 0.253 e. The van der Waals surface area contributed by atoms with Crippen molar-refractivity contribution < 1.29 is 4.79 Å². The molecule has 3 N–H and O–H groups in total. The van der Waals surface area contributed by atoms with E-state index in [1.54, 1.807) is 18.2 Å². The minimum atomic E-state index is -1.15. The van der Waals surface area contributed by atoms with Crippen molar-refractivity contribution in [2.45, 2.75) is 5.54 Å². The average molecular weight is 209 g/mol. The molecule has 4 heteroatoms. The number of anilines is 1. The van der Waals surface area contributed by atoms with Crippen molar-refractivity contribution in [2.75, 3.05) is 5.32 Å². The van der Waals surface area contributed by atoms with Crippen LogP contribution in [0.15, 0.2) is 30.9 Å². The van der Waals surface area contributed by atoms with Crippen LogP contribution in [0.4, 0.5) is 5.69 Å². The molecule has 0 spiro atoms. The maximum Gasteiger partial charge on any atom is 0.253 e. The number of hydrogen-bond acceptors (Lipinski definition) is 2. The lowest BCUT2D eigenvalue weighted by atomic mass is 9.93. The van der Waals surface area contributed by atoms with Crippen LogP contribution in [0, 0.1) is 0 Å². The zero-order valence-corrected chi connectivity index (χ0v) is 8.14. The predicted octanol–water partition coefficient (Wildman–Crippen LogP) is 1.63. The number of carbonyl (C=O) groups excluding carboxylic acids is 1. The number of nitrogens with one attached hydrogen (secondary N) is 1. The van der Waals surface area contributed by atoms with Crippen LogP contribution in [-0.2, 0) is 10.3 Å². The minimum absolute atomic E-state index is 0.296. The molecule has 14 heavy (non-hydrogen) atoms. The van der Waals surface area contributed by atoms with E-state index in [4.69, 9.17) is 17.3 Å². The highest BCUT2D eigenvalue weighted by molar-refractivity contribution is 6.34. The van der Waals surface area contributed by atoms with Crippen LogP contribution in [0.1, 0.15) is 5.56 Å². The molecule has 0 bridgehead atoms. The molecule has 0 fully saturated rings. The summed E-state index contributed by atoms with van der Waals surface area (Å²) in [6.45, 7) is 3.56. The van der Waals surface area contributed by atoms with Gasteiger partial charge in [-0.3, -0.25) is 4.79 Å². The van der Waals surface area contributed by atoms with Crippen molar-refractivity contribution in [1.82, 2.24) is 0 Å². The van der Waals surface area contributed by atoms with Gasteiger partial charge in [0.15, 0.2) is 0 Å². The van der Waals surface area contributed by atoms with Gasteiger partial charge in [0.1, 0.15) is 5.54 Å². The van der Waals surface area contributed by atoms with Crippen molar-refractivity contribution in [3.63, 3.8) is 0 Å². The fourth-order valence-corrected chi connectivity index (χ4v) is 1.76. The minimum Gasteiger partial charge on any atom is -0.322 e. The summed E-state index contributed by atoms with van der Waals surface area (Å²) in [5.74, 6) is -0.296. The van der Waals surface area contributed by atoms with Crippen LogP contribution in [-0.4, -0.2) is 5.91 Å². The van der Waals surface area contributed by atoms with E-state index in [9.17, 15) is 4.79 Å². The number of benzene rings is 1. The molecule has 0 radical (unpaired) electrons. The highest BCUT2D eigenvalue weighted by atomic mass is 35.5. The molecule has 0 saturated carbocycles. The van der Waals surface area contributed by atoms with Gasteiger partial charge < -0.3 is 11.1 Å². The molecule has 1 aromatic rings. The first-order chi connectivity index (χ1) is 6.59. The van der Waals surface area contributed by atoms with E-state index in [2.05, 4.69) is 11.9 Å². The third-order valence-electron chi connectivity index (χ3n) is 2.40. The molecule has 2 rings (SSSR count). The maximum atomic E-state index is 11.6. The number of nitrogens with two attached hydrogens (primary N) is 1. The Morgan fingerprint density at radius 3 is 2.93 bits per heavy atom. The van der Waals surface area contributed by atoms with Gasteiger partial charge >= 0.3 is 0 Å². The van der Waals surface area contributed by atoms with Crippen molar-refractivity contribution in [3.8, 4) is 0 Å². The van der Waals surface area contributed by atoms with Crippen LogP contribution in [0.3, 0.4) is 0 Å². The second-order valence-electron chi connectivity index (χ2n) is 3.19. The summed E-state index contributed by atoms with van der Waals surface area (Å²) in [5.41, 5.74) is 6.00. The van der Waals surface area contributed by atoms with Crippen LogP contribution in [0.25, 0.3) is 0 Å². The van der Waals surface area contributed by atoms with Gasteiger partial charge in [0, 0.05) is 5.56 Å². The van der Waals surface area contributed by atoms with Gasteiger partial charge in [-0.15, -0.1) is 6.58 Å². The SMILES string of the molecule is C=CC1(N)C(=O)Nc2c(Cl)cccc21. The Labute approximate surface area is 86.6 Å². The molecule has 1 amide bonds. The third-order valence-corrected chi connectivity index (χ3v) is 2.71. The van der Waals surface area contributed by atoms with E-state index in [-0.39, 0.29) is 5.91 Å². The topological polar surface area (TPSA) is 55.1 Å². The molecule has 1 aliphatic heterocycles. The summed E-state index contributed by atoms with van der Waals surface area (Å²) in [7, 11) is 0. The molecule has 1 atom stereocenters. The highest BCUT2D eigenvalue weighted by Crippen LogP contribution is 2.39. The number of fused-ring (bicyclic) bond motifs is 1. The molecule has 0 saturated heterocycles. The summed E-state index contributed by atoms with van der Waals surface area (Å²) in [6.07, 6.45) is 1.42. The summed E-state index contributed by atoms with van der Waals surface area (Å²) in [4.78, 5) is 11.6. The molecular weight excluding hydrogens is 200 g/mol. The van der Waals surface area contributed by atoms with Gasteiger partial charge in [0.25, 0.3) is 5.91 Å². The Morgan fingerprint density at radius 2 is 2.29 bits per heavy atom. The fraction of sp³-hybridized carbons (Fsp3) is 0.100. The zero-order valence-electron chi connectivity index (χ0n) is 7.38. The van der Waals surface area contributed by atoms with Crippen molar-refractivity contribution in [1.29, 1.82) is 0 Å². The summed E-state index contributed by atoms with van der Waals surface area (Å²) >= 11 is 5.91. The number of carbonyl (C=O) groups is 1. The zero-order chi connectivity index (χ0) is 10.3.